The molecule has 2 N–H and O–H groups in total. The Morgan fingerprint density at radius 3 is 2.45 bits per heavy atom. The lowest BCUT2D eigenvalue weighted by atomic mass is 9.80. The molecule has 20 heavy (non-hydrogen) atoms. The van der Waals surface area contributed by atoms with Crippen molar-refractivity contribution in [2.45, 2.75) is 63.6 Å². The van der Waals surface area contributed by atoms with Crippen LogP contribution in [0.4, 0.5) is 0 Å². The summed E-state index contributed by atoms with van der Waals surface area (Å²) in [6, 6.07) is -0.00701. The minimum atomic E-state index is -0.00701. The second kappa shape index (κ2) is 6.58. The van der Waals surface area contributed by atoms with Crippen molar-refractivity contribution in [2.24, 2.45) is 5.73 Å². The van der Waals surface area contributed by atoms with Gasteiger partial charge in [0.2, 0.25) is 0 Å². The Bertz CT molecular complexity index is 433. The van der Waals surface area contributed by atoms with Crippen LogP contribution in [0.5, 0.6) is 0 Å². The number of hydrogen-bond acceptors (Lipinski definition) is 3. The number of halogens is 1. The van der Waals surface area contributed by atoms with Crippen molar-refractivity contribution in [3.63, 3.8) is 0 Å². The first-order valence-electron chi connectivity index (χ1n) is 7.67. The molecule has 1 aliphatic carbocycles. The Balaban J connectivity index is 2.40. The third kappa shape index (κ3) is 2.81. The van der Waals surface area contributed by atoms with Crippen LogP contribution < -0.4 is 5.73 Å². The highest BCUT2D eigenvalue weighted by Gasteiger charge is 2.41. The Labute approximate surface area is 130 Å². The third-order valence-electron chi connectivity index (χ3n) is 4.87. The lowest BCUT2D eigenvalue weighted by molar-refractivity contribution is 0.0930. The molecule has 1 atom stereocenters. The molecule has 0 aromatic carbocycles. The van der Waals surface area contributed by atoms with Crippen molar-refractivity contribution in [2.75, 3.05) is 14.1 Å². The van der Waals surface area contributed by atoms with Crippen molar-refractivity contribution in [1.29, 1.82) is 0 Å². The van der Waals surface area contributed by atoms with E-state index in [9.17, 15) is 0 Å². The maximum atomic E-state index is 6.76. The molecule has 4 nitrogen and oxygen atoms in total. The molecule has 1 aliphatic rings. The molecular weight excluding hydrogens is 316 g/mol. The third-order valence-corrected chi connectivity index (χ3v) is 5.48. The highest BCUT2D eigenvalue weighted by Crippen LogP contribution is 2.41. The monoisotopic (exact) mass is 342 g/mol. The summed E-state index contributed by atoms with van der Waals surface area (Å²) in [5.41, 5.74) is 7.95. The van der Waals surface area contributed by atoms with Crippen LogP contribution in [0.15, 0.2) is 10.7 Å². The number of aryl methyl sites for hydroxylation is 1. The zero-order chi connectivity index (χ0) is 14.8. The van der Waals surface area contributed by atoms with Gasteiger partial charge in [0.15, 0.2) is 0 Å². The van der Waals surface area contributed by atoms with E-state index >= 15 is 0 Å². The van der Waals surface area contributed by atoms with E-state index in [0.717, 1.165) is 16.7 Å². The van der Waals surface area contributed by atoms with Crippen molar-refractivity contribution in [3.8, 4) is 0 Å². The van der Waals surface area contributed by atoms with Gasteiger partial charge in [-0.05, 0) is 49.8 Å². The highest BCUT2D eigenvalue weighted by molar-refractivity contribution is 9.10. The highest BCUT2D eigenvalue weighted by atomic mass is 79.9. The van der Waals surface area contributed by atoms with Crippen LogP contribution in [0.3, 0.4) is 0 Å². The van der Waals surface area contributed by atoms with Crippen LogP contribution in [0.2, 0.25) is 0 Å². The molecule has 2 rings (SSSR count). The quantitative estimate of drug-likeness (QED) is 0.853. The summed E-state index contributed by atoms with van der Waals surface area (Å²) in [4.78, 5) is 2.35. The molecule has 0 spiro atoms. The zero-order valence-electron chi connectivity index (χ0n) is 12.9. The predicted octanol–water partition coefficient (Wildman–Crippen LogP) is 3.32. The number of rotatable bonds is 4. The summed E-state index contributed by atoms with van der Waals surface area (Å²) >= 11 is 3.64. The normalized spacial score (nSPS) is 20.9. The molecule has 0 bridgehead atoms. The van der Waals surface area contributed by atoms with Crippen molar-refractivity contribution < 1.29 is 0 Å². The first-order chi connectivity index (χ1) is 9.53. The fraction of sp³-hybridized carbons (Fsp3) is 0.800. The Morgan fingerprint density at radius 2 is 1.95 bits per heavy atom. The molecule has 0 saturated heterocycles. The van der Waals surface area contributed by atoms with Gasteiger partial charge < -0.3 is 10.6 Å². The second-order valence-corrected chi connectivity index (χ2v) is 6.94. The van der Waals surface area contributed by atoms with Gasteiger partial charge in [-0.15, -0.1) is 0 Å². The maximum Gasteiger partial charge on any atom is 0.0712 e. The molecule has 1 fully saturated rings. The molecule has 1 saturated carbocycles. The van der Waals surface area contributed by atoms with E-state index in [2.05, 4.69) is 46.9 Å². The van der Waals surface area contributed by atoms with E-state index in [-0.39, 0.29) is 11.6 Å². The molecule has 1 unspecified atom stereocenters. The van der Waals surface area contributed by atoms with Gasteiger partial charge in [-0.2, -0.15) is 5.10 Å². The number of hydrogen-bond donors (Lipinski definition) is 1. The topological polar surface area (TPSA) is 47.1 Å². The van der Waals surface area contributed by atoms with E-state index in [1.54, 1.807) is 0 Å². The summed E-state index contributed by atoms with van der Waals surface area (Å²) in [5.74, 6) is 0. The number of aromatic nitrogens is 2. The largest absolute Gasteiger partial charge is 0.321 e. The molecule has 114 valence electrons. The van der Waals surface area contributed by atoms with E-state index < -0.39 is 0 Å². The van der Waals surface area contributed by atoms with Gasteiger partial charge in [-0.3, -0.25) is 4.68 Å². The van der Waals surface area contributed by atoms with Crippen LogP contribution in [-0.4, -0.2) is 34.3 Å². The number of nitrogens with two attached hydrogens (primary N) is 1. The van der Waals surface area contributed by atoms with Crippen LogP contribution in [-0.2, 0) is 6.54 Å². The molecule has 5 heteroatoms. The van der Waals surface area contributed by atoms with Gasteiger partial charge >= 0.3 is 0 Å². The van der Waals surface area contributed by atoms with E-state index in [0.29, 0.717) is 0 Å². The molecular formula is C15H27BrN4. The SMILES string of the molecule is CCn1ncc(Br)c1C(N)C1(N(C)C)CCCCCC1. The minimum Gasteiger partial charge on any atom is -0.321 e. The standard InChI is InChI=1S/C15H27BrN4/c1-4-20-13(12(16)11-18-20)14(17)15(19(2)3)9-7-5-6-8-10-15/h11,14H,4-10,17H2,1-3H3. The minimum absolute atomic E-state index is 0.00701. The Hall–Kier alpha value is -0.390. The average Bonchev–Trinajstić information content (AvgIpc) is 2.65. The summed E-state index contributed by atoms with van der Waals surface area (Å²) in [5, 5.41) is 4.44. The van der Waals surface area contributed by atoms with E-state index in [1.807, 2.05) is 10.9 Å². The number of nitrogens with zero attached hydrogens (tertiary/aromatic N) is 3. The summed E-state index contributed by atoms with van der Waals surface area (Å²) in [7, 11) is 4.34. The molecule has 1 heterocycles. The summed E-state index contributed by atoms with van der Waals surface area (Å²) in [6.07, 6.45) is 9.41. The first kappa shape index (κ1) is 16.0. The molecule has 0 radical (unpaired) electrons. The van der Waals surface area contributed by atoms with Gasteiger partial charge in [-0.25, -0.2) is 0 Å². The van der Waals surface area contributed by atoms with E-state index in [1.165, 1.54) is 38.5 Å². The van der Waals surface area contributed by atoms with Crippen molar-refractivity contribution in [1.82, 2.24) is 14.7 Å². The van der Waals surface area contributed by atoms with Gasteiger partial charge in [0.05, 0.1) is 22.4 Å². The fourth-order valence-electron chi connectivity index (χ4n) is 3.56. The molecule has 1 aromatic rings. The number of likely N-dealkylation sites (N-methyl/N-ethyl adjacent to an activating group) is 1. The van der Waals surface area contributed by atoms with Crippen LogP contribution in [0.25, 0.3) is 0 Å². The smallest absolute Gasteiger partial charge is 0.0712 e. The molecule has 0 aliphatic heterocycles. The Morgan fingerprint density at radius 1 is 1.35 bits per heavy atom. The predicted molar refractivity (Wildman–Crippen MR) is 86.6 cm³/mol. The fourth-order valence-corrected chi connectivity index (χ4v) is 4.11. The Kier molecular flexibility index (Phi) is 5.26. The molecule has 0 amide bonds. The molecule has 1 aromatic heterocycles. The van der Waals surface area contributed by atoms with Crippen molar-refractivity contribution in [3.05, 3.63) is 16.4 Å². The lowest BCUT2D eigenvalue weighted by Gasteiger charge is -2.44. The van der Waals surface area contributed by atoms with Gasteiger partial charge in [0.1, 0.15) is 0 Å². The van der Waals surface area contributed by atoms with Crippen molar-refractivity contribution >= 4 is 15.9 Å². The lowest BCUT2D eigenvalue weighted by Crippen LogP contribution is -2.52. The average molecular weight is 343 g/mol. The van der Waals surface area contributed by atoms with Gasteiger partial charge in [0, 0.05) is 12.1 Å². The van der Waals surface area contributed by atoms with Crippen LogP contribution in [0, 0.1) is 0 Å². The van der Waals surface area contributed by atoms with Crippen LogP contribution in [0.1, 0.15) is 57.2 Å². The zero-order valence-corrected chi connectivity index (χ0v) is 14.5. The summed E-state index contributed by atoms with van der Waals surface area (Å²) in [6.45, 7) is 2.98. The van der Waals surface area contributed by atoms with E-state index in [4.69, 9.17) is 5.73 Å². The second-order valence-electron chi connectivity index (χ2n) is 6.08. The van der Waals surface area contributed by atoms with Crippen LogP contribution >= 0.6 is 15.9 Å². The summed E-state index contributed by atoms with van der Waals surface area (Å²) < 4.78 is 3.07. The van der Waals surface area contributed by atoms with Gasteiger partial charge in [-0.1, -0.05) is 25.7 Å². The first-order valence-corrected chi connectivity index (χ1v) is 8.46. The van der Waals surface area contributed by atoms with Gasteiger partial charge in [0.25, 0.3) is 0 Å². The maximum absolute atomic E-state index is 6.76.